The number of hydrogen-bond donors (Lipinski definition) is 1. The van der Waals surface area contributed by atoms with Crippen LogP contribution in [0.1, 0.15) is 104 Å². The van der Waals surface area contributed by atoms with Crippen molar-refractivity contribution in [2.45, 2.75) is 112 Å². The summed E-state index contributed by atoms with van der Waals surface area (Å²) in [6, 6.07) is 10.1. The van der Waals surface area contributed by atoms with Crippen LogP contribution in [0.5, 0.6) is 0 Å². The Kier molecular flexibility index (Phi) is 6.50. The van der Waals surface area contributed by atoms with Crippen molar-refractivity contribution < 1.29 is 14.6 Å². The summed E-state index contributed by atoms with van der Waals surface area (Å²) in [5.74, 6) is 2.57. The zero-order valence-corrected chi connectivity index (χ0v) is 25.2. The van der Waals surface area contributed by atoms with E-state index in [2.05, 4.69) is 47.3 Å². The van der Waals surface area contributed by atoms with Gasteiger partial charge >= 0.3 is 5.97 Å². The number of esters is 1. The second kappa shape index (κ2) is 9.20. The van der Waals surface area contributed by atoms with Gasteiger partial charge in [-0.3, -0.25) is 4.79 Å². The van der Waals surface area contributed by atoms with E-state index in [0.29, 0.717) is 36.2 Å². The zero-order chi connectivity index (χ0) is 27.8. The summed E-state index contributed by atoms with van der Waals surface area (Å²) < 4.78 is 6.13. The van der Waals surface area contributed by atoms with Crippen LogP contribution in [0.4, 0.5) is 0 Å². The first-order valence-corrected chi connectivity index (χ1v) is 16.0. The van der Waals surface area contributed by atoms with Gasteiger partial charge in [0.25, 0.3) is 0 Å². The van der Waals surface area contributed by atoms with E-state index in [4.69, 9.17) is 4.74 Å². The summed E-state index contributed by atoms with van der Waals surface area (Å²) >= 11 is 0. The molecule has 5 aliphatic carbocycles. The normalized spacial score (nSPS) is 48.2. The molecule has 5 saturated carbocycles. The van der Waals surface area contributed by atoms with Crippen LogP contribution in [0.2, 0.25) is 0 Å². The first kappa shape index (κ1) is 27.6. The SMILES string of the molecule is C=CC1CCC2(C(=O)OCc3ccccc3)CCC3(C)C(CCC4C5(C)CCC(O)C(C)(C)C5CCC43C)C12. The molecule has 39 heavy (non-hydrogen) atoms. The molecule has 10 atom stereocenters. The van der Waals surface area contributed by atoms with Crippen LogP contribution in [-0.4, -0.2) is 17.2 Å². The van der Waals surface area contributed by atoms with Gasteiger partial charge in [-0.25, -0.2) is 0 Å². The highest BCUT2D eigenvalue weighted by molar-refractivity contribution is 5.78. The minimum atomic E-state index is -0.362. The molecule has 1 aromatic carbocycles. The number of allylic oxidation sites excluding steroid dienone is 1. The number of benzene rings is 1. The molecule has 0 radical (unpaired) electrons. The molecule has 214 valence electrons. The average Bonchev–Trinajstić information content (AvgIpc) is 3.31. The Bertz CT molecular complexity index is 1110. The number of aliphatic hydroxyl groups is 1. The first-order valence-electron chi connectivity index (χ1n) is 16.0. The van der Waals surface area contributed by atoms with Crippen molar-refractivity contribution in [1.82, 2.24) is 0 Å². The molecule has 5 fully saturated rings. The molecule has 1 N–H and O–H groups in total. The Balaban J connectivity index is 1.32. The van der Waals surface area contributed by atoms with Gasteiger partial charge in [0, 0.05) is 0 Å². The van der Waals surface area contributed by atoms with Crippen molar-refractivity contribution in [3.8, 4) is 0 Å². The monoisotopic (exact) mass is 532 g/mol. The zero-order valence-electron chi connectivity index (χ0n) is 25.2. The number of carbonyl (C=O) groups excluding carboxylic acids is 1. The van der Waals surface area contributed by atoms with E-state index in [0.717, 1.165) is 44.1 Å². The molecule has 0 saturated heterocycles. The van der Waals surface area contributed by atoms with Gasteiger partial charge in [0.05, 0.1) is 11.5 Å². The van der Waals surface area contributed by atoms with E-state index >= 15 is 0 Å². The Hall–Kier alpha value is -1.61. The molecule has 0 spiro atoms. The third kappa shape index (κ3) is 3.66. The Morgan fingerprint density at radius 3 is 2.36 bits per heavy atom. The number of carbonyl (C=O) groups is 1. The van der Waals surface area contributed by atoms with Gasteiger partial charge in [0.2, 0.25) is 0 Å². The minimum Gasteiger partial charge on any atom is -0.460 e. The summed E-state index contributed by atoms with van der Waals surface area (Å²) in [4.78, 5) is 14.0. The Labute approximate surface area is 237 Å². The van der Waals surface area contributed by atoms with Crippen LogP contribution in [0, 0.1) is 56.7 Å². The van der Waals surface area contributed by atoms with Gasteiger partial charge in [-0.05, 0) is 121 Å². The predicted octanol–water partition coefficient (Wildman–Crippen LogP) is 8.36. The van der Waals surface area contributed by atoms with Crippen molar-refractivity contribution in [2.24, 2.45) is 56.7 Å². The lowest BCUT2D eigenvalue weighted by Gasteiger charge is -2.72. The number of hydrogen-bond acceptors (Lipinski definition) is 3. The molecule has 0 amide bonds. The maximum atomic E-state index is 14.0. The molecule has 0 heterocycles. The van der Waals surface area contributed by atoms with E-state index in [9.17, 15) is 9.90 Å². The molecule has 10 unspecified atom stereocenters. The van der Waals surface area contributed by atoms with Crippen LogP contribution >= 0.6 is 0 Å². The number of fused-ring (bicyclic) bond motifs is 7. The summed E-state index contributed by atoms with van der Waals surface area (Å²) in [5, 5.41) is 11.0. The molecule has 0 aromatic heterocycles. The maximum absolute atomic E-state index is 14.0. The van der Waals surface area contributed by atoms with E-state index in [1.807, 2.05) is 30.3 Å². The number of rotatable bonds is 4. The highest BCUT2D eigenvalue weighted by Gasteiger charge is 2.71. The smallest absolute Gasteiger partial charge is 0.312 e. The standard InChI is InChI=1S/C36H52O3/c1-7-25-15-20-36(31(38)39-23-24-11-9-8-10-12-24)22-21-34(5)26(30(25)36)13-14-28-33(4)18-17-29(37)32(2,3)27(33)16-19-35(28,34)6/h7-12,25-30,37H,1,13-23H2,2-6H3. The predicted molar refractivity (Wildman–Crippen MR) is 157 cm³/mol. The van der Waals surface area contributed by atoms with Gasteiger partial charge < -0.3 is 9.84 Å². The Morgan fingerprint density at radius 2 is 1.64 bits per heavy atom. The van der Waals surface area contributed by atoms with E-state index in [1.54, 1.807) is 0 Å². The summed E-state index contributed by atoms with van der Waals surface area (Å²) in [5.41, 5.74) is 1.43. The molecular weight excluding hydrogens is 480 g/mol. The van der Waals surface area contributed by atoms with Gasteiger partial charge in [0.15, 0.2) is 0 Å². The molecule has 3 nitrogen and oxygen atoms in total. The number of aliphatic hydroxyl groups excluding tert-OH is 1. The lowest BCUT2D eigenvalue weighted by molar-refractivity contribution is -0.248. The first-order chi connectivity index (χ1) is 18.4. The van der Waals surface area contributed by atoms with Gasteiger partial charge in [-0.15, -0.1) is 6.58 Å². The third-order valence-electron chi connectivity index (χ3n) is 14.4. The van der Waals surface area contributed by atoms with Gasteiger partial charge in [-0.2, -0.15) is 0 Å². The highest BCUT2D eigenvalue weighted by Crippen LogP contribution is 2.77. The topological polar surface area (TPSA) is 46.5 Å². The lowest BCUT2D eigenvalue weighted by atomic mass is 9.32. The molecule has 0 bridgehead atoms. The molecule has 6 rings (SSSR count). The van der Waals surface area contributed by atoms with Crippen LogP contribution < -0.4 is 0 Å². The largest absolute Gasteiger partial charge is 0.460 e. The Morgan fingerprint density at radius 1 is 0.897 bits per heavy atom. The van der Waals surface area contributed by atoms with Crippen molar-refractivity contribution in [3.63, 3.8) is 0 Å². The fraction of sp³-hybridized carbons (Fsp3) is 0.750. The minimum absolute atomic E-state index is 0.0182. The lowest BCUT2D eigenvalue weighted by Crippen LogP contribution is -2.67. The second-order valence-electron chi connectivity index (χ2n) is 15.7. The molecule has 3 heteroatoms. The molecular formula is C36H52O3. The van der Waals surface area contributed by atoms with E-state index < -0.39 is 0 Å². The molecule has 1 aromatic rings. The molecule has 5 aliphatic rings. The van der Waals surface area contributed by atoms with E-state index in [1.165, 1.54) is 25.7 Å². The van der Waals surface area contributed by atoms with Gasteiger partial charge in [0.1, 0.15) is 6.61 Å². The fourth-order valence-corrected chi connectivity index (χ4v) is 12.1. The molecule has 0 aliphatic heterocycles. The van der Waals surface area contributed by atoms with Crippen LogP contribution in [-0.2, 0) is 16.1 Å². The highest BCUT2D eigenvalue weighted by atomic mass is 16.5. The van der Waals surface area contributed by atoms with Gasteiger partial charge in [-0.1, -0.05) is 71.0 Å². The number of ether oxygens (including phenoxy) is 1. The fourth-order valence-electron chi connectivity index (χ4n) is 12.1. The van der Waals surface area contributed by atoms with Crippen LogP contribution in [0.3, 0.4) is 0 Å². The van der Waals surface area contributed by atoms with Crippen molar-refractivity contribution in [1.29, 1.82) is 0 Å². The van der Waals surface area contributed by atoms with E-state index in [-0.39, 0.29) is 39.1 Å². The summed E-state index contributed by atoms with van der Waals surface area (Å²) in [7, 11) is 0. The maximum Gasteiger partial charge on any atom is 0.312 e. The summed E-state index contributed by atoms with van der Waals surface area (Å²) in [6.45, 7) is 17.2. The third-order valence-corrected chi connectivity index (χ3v) is 14.4. The summed E-state index contributed by atoms with van der Waals surface area (Å²) in [6.07, 6.45) is 13.1. The van der Waals surface area contributed by atoms with Crippen molar-refractivity contribution >= 4 is 5.97 Å². The second-order valence-corrected chi connectivity index (χ2v) is 15.7. The average molecular weight is 533 g/mol. The van der Waals surface area contributed by atoms with Crippen LogP contribution in [0.25, 0.3) is 0 Å². The van der Waals surface area contributed by atoms with Crippen LogP contribution in [0.15, 0.2) is 43.0 Å². The quantitative estimate of drug-likeness (QED) is 0.313. The van der Waals surface area contributed by atoms with Crippen molar-refractivity contribution in [2.75, 3.05) is 0 Å². The van der Waals surface area contributed by atoms with Crippen molar-refractivity contribution in [3.05, 3.63) is 48.6 Å².